The summed E-state index contributed by atoms with van der Waals surface area (Å²) in [6.07, 6.45) is 11.1. The Morgan fingerprint density at radius 1 is 1.40 bits per heavy atom. The molecule has 0 radical (unpaired) electrons. The van der Waals surface area contributed by atoms with Gasteiger partial charge in [0.2, 0.25) is 0 Å². The first-order valence-electron chi connectivity index (χ1n) is 8.27. The number of aromatic nitrogens is 2. The molecule has 1 aliphatic carbocycles. The predicted octanol–water partition coefficient (Wildman–Crippen LogP) is 3.99. The molecule has 20 heavy (non-hydrogen) atoms. The summed E-state index contributed by atoms with van der Waals surface area (Å²) in [6.45, 7) is 8.16. The predicted molar refractivity (Wildman–Crippen MR) is 84.8 cm³/mol. The third-order valence-electron chi connectivity index (χ3n) is 4.66. The van der Waals surface area contributed by atoms with Gasteiger partial charge in [0.25, 0.3) is 0 Å². The van der Waals surface area contributed by atoms with Gasteiger partial charge in [-0.3, -0.25) is 4.68 Å². The lowest BCUT2D eigenvalue weighted by Gasteiger charge is -2.30. The van der Waals surface area contributed by atoms with Crippen molar-refractivity contribution in [3.05, 3.63) is 17.5 Å². The highest BCUT2D eigenvalue weighted by Gasteiger charge is 2.25. The second-order valence-corrected chi connectivity index (χ2v) is 7.12. The van der Waals surface area contributed by atoms with Crippen LogP contribution in [-0.4, -0.2) is 16.3 Å². The SMILES string of the molecule is CCCCCC(C)(C)CNC1CCCc2c1cnn2C. The molecular formula is C17H31N3. The molecule has 0 aliphatic heterocycles. The molecule has 3 heteroatoms. The van der Waals surface area contributed by atoms with E-state index in [4.69, 9.17) is 0 Å². The molecule has 0 bridgehead atoms. The van der Waals surface area contributed by atoms with Crippen LogP contribution >= 0.6 is 0 Å². The largest absolute Gasteiger partial charge is 0.309 e. The molecule has 1 aliphatic rings. The molecule has 0 spiro atoms. The molecule has 1 atom stereocenters. The van der Waals surface area contributed by atoms with Crippen LogP contribution in [0, 0.1) is 5.41 Å². The van der Waals surface area contributed by atoms with Crippen molar-refractivity contribution >= 4 is 0 Å². The molecule has 1 aromatic heterocycles. The second-order valence-electron chi connectivity index (χ2n) is 7.12. The van der Waals surface area contributed by atoms with Gasteiger partial charge < -0.3 is 5.32 Å². The quantitative estimate of drug-likeness (QED) is 0.764. The van der Waals surface area contributed by atoms with Gasteiger partial charge in [-0.1, -0.05) is 40.0 Å². The molecule has 0 amide bonds. The van der Waals surface area contributed by atoms with Crippen molar-refractivity contribution in [1.29, 1.82) is 0 Å². The van der Waals surface area contributed by atoms with E-state index in [-0.39, 0.29) is 0 Å². The zero-order valence-corrected chi connectivity index (χ0v) is 13.7. The van der Waals surface area contributed by atoms with Gasteiger partial charge in [0.05, 0.1) is 6.20 Å². The van der Waals surface area contributed by atoms with Crippen molar-refractivity contribution in [1.82, 2.24) is 15.1 Å². The minimum atomic E-state index is 0.398. The number of hydrogen-bond donors (Lipinski definition) is 1. The van der Waals surface area contributed by atoms with Crippen molar-refractivity contribution in [2.24, 2.45) is 12.5 Å². The summed E-state index contributed by atoms with van der Waals surface area (Å²) < 4.78 is 2.05. The lowest BCUT2D eigenvalue weighted by atomic mass is 9.85. The van der Waals surface area contributed by atoms with E-state index in [0.717, 1.165) is 6.54 Å². The van der Waals surface area contributed by atoms with Gasteiger partial charge >= 0.3 is 0 Å². The average molecular weight is 277 g/mol. The van der Waals surface area contributed by atoms with Gasteiger partial charge in [-0.25, -0.2) is 0 Å². The fraction of sp³-hybridized carbons (Fsp3) is 0.824. The maximum Gasteiger partial charge on any atom is 0.0540 e. The van der Waals surface area contributed by atoms with Crippen molar-refractivity contribution < 1.29 is 0 Å². The maximum absolute atomic E-state index is 4.43. The normalized spacial score (nSPS) is 19.1. The average Bonchev–Trinajstić information content (AvgIpc) is 2.79. The molecule has 114 valence electrons. The zero-order valence-electron chi connectivity index (χ0n) is 13.7. The zero-order chi connectivity index (χ0) is 14.6. The highest BCUT2D eigenvalue weighted by Crippen LogP contribution is 2.31. The van der Waals surface area contributed by atoms with Gasteiger partial charge in [-0.15, -0.1) is 0 Å². The Morgan fingerprint density at radius 2 is 2.20 bits per heavy atom. The van der Waals surface area contributed by atoms with E-state index < -0.39 is 0 Å². The van der Waals surface area contributed by atoms with Crippen molar-refractivity contribution in [2.45, 2.75) is 71.8 Å². The monoisotopic (exact) mass is 277 g/mol. The first-order valence-corrected chi connectivity index (χ1v) is 8.27. The summed E-state index contributed by atoms with van der Waals surface area (Å²) in [5.41, 5.74) is 3.26. The van der Waals surface area contributed by atoms with Crippen LogP contribution in [0.1, 0.15) is 76.6 Å². The fourth-order valence-corrected chi connectivity index (χ4v) is 3.26. The van der Waals surface area contributed by atoms with Gasteiger partial charge in [-0.05, 0) is 31.1 Å². The number of hydrogen-bond acceptors (Lipinski definition) is 2. The van der Waals surface area contributed by atoms with Crippen LogP contribution in [0.25, 0.3) is 0 Å². The number of rotatable bonds is 7. The van der Waals surface area contributed by atoms with E-state index >= 15 is 0 Å². The van der Waals surface area contributed by atoms with E-state index in [1.807, 2.05) is 0 Å². The summed E-state index contributed by atoms with van der Waals surface area (Å²) in [4.78, 5) is 0. The number of nitrogens with zero attached hydrogens (tertiary/aromatic N) is 2. The molecule has 1 N–H and O–H groups in total. The van der Waals surface area contributed by atoms with Gasteiger partial charge in [0, 0.05) is 30.9 Å². The van der Waals surface area contributed by atoms with Crippen molar-refractivity contribution in [3.8, 4) is 0 Å². The first kappa shape index (κ1) is 15.6. The van der Waals surface area contributed by atoms with Gasteiger partial charge in [0.15, 0.2) is 0 Å². The van der Waals surface area contributed by atoms with Crippen molar-refractivity contribution in [3.63, 3.8) is 0 Å². The Hall–Kier alpha value is -0.830. The second kappa shape index (κ2) is 6.75. The topological polar surface area (TPSA) is 29.9 Å². The minimum Gasteiger partial charge on any atom is -0.309 e. The highest BCUT2D eigenvalue weighted by molar-refractivity contribution is 5.24. The summed E-state index contributed by atoms with van der Waals surface area (Å²) >= 11 is 0. The molecule has 0 aromatic carbocycles. The third kappa shape index (κ3) is 3.85. The number of unbranched alkanes of at least 4 members (excludes halogenated alkanes) is 2. The molecule has 3 nitrogen and oxygen atoms in total. The number of aryl methyl sites for hydroxylation is 1. The molecular weight excluding hydrogens is 246 g/mol. The van der Waals surface area contributed by atoms with E-state index in [1.54, 1.807) is 0 Å². The van der Waals surface area contributed by atoms with Crippen LogP contribution in [0.2, 0.25) is 0 Å². The molecule has 2 rings (SSSR count). The Morgan fingerprint density at radius 3 is 2.95 bits per heavy atom. The number of nitrogens with one attached hydrogen (secondary N) is 1. The van der Waals surface area contributed by atoms with E-state index in [2.05, 4.69) is 49.1 Å². The molecule has 0 saturated carbocycles. The van der Waals surface area contributed by atoms with Gasteiger partial charge in [-0.2, -0.15) is 5.10 Å². The summed E-state index contributed by atoms with van der Waals surface area (Å²) in [5.74, 6) is 0. The van der Waals surface area contributed by atoms with Gasteiger partial charge in [0.1, 0.15) is 0 Å². The molecule has 0 fully saturated rings. The Kier molecular flexibility index (Phi) is 5.25. The lowest BCUT2D eigenvalue weighted by molar-refractivity contribution is 0.279. The standard InChI is InChI=1S/C17H31N3/c1-5-6-7-11-17(2,3)13-18-15-9-8-10-16-14(15)12-19-20(16)4/h12,15,18H,5-11,13H2,1-4H3. The number of fused-ring (bicyclic) bond motifs is 1. The van der Waals surface area contributed by atoms with E-state index in [0.29, 0.717) is 11.5 Å². The van der Waals surface area contributed by atoms with Crippen LogP contribution in [0.3, 0.4) is 0 Å². The molecule has 1 unspecified atom stereocenters. The highest BCUT2D eigenvalue weighted by atomic mass is 15.3. The first-order chi connectivity index (χ1) is 9.53. The summed E-state index contributed by atoms with van der Waals surface area (Å²) in [7, 11) is 2.07. The van der Waals surface area contributed by atoms with Crippen LogP contribution in [-0.2, 0) is 13.5 Å². The molecule has 1 heterocycles. The Balaban J connectivity index is 1.88. The van der Waals surface area contributed by atoms with Crippen molar-refractivity contribution in [2.75, 3.05) is 6.54 Å². The Bertz CT molecular complexity index is 420. The molecule has 0 saturated heterocycles. The van der Waals surface area contributed by atoms with Crippen LogP contribution < -0.4 is 5.32 Å². The van der Waals surface area contributed by atoms with Crippen LogP contribution in [0.5, 0.6) is 0 Å². The van der Waals surface area contributed by atoms with Crippen LogP contribution in [0.4, 0.5) is 0 Å². The van der Waals surface area contributed by atoms with E-state index in [1.165, 1.54) is 56.2 Å². The summed E-state index contributed by atoms with van der Waals surface area (Å²) in [5, 5.41) is 8.24. The molecule has 1 aromatic rings. The fourth-order valence-electron chi connectivity index (χ4n) is 3.26. The Labute approximate surface area is 124 Å². The van der Waals surface area contributed by atoms with Crippen LogP contribution in [0.15, 0.2) is 6.20 Å². The lowest BCUT2D eigenvalue weighted by Crippen LogP contribution is -2.34. The minimum absolute atomic E-state index is 0.398. The summed E-state index contributed by atoms with van der Waals surface area (Å²) in [6, 6.07) is 0.512. The van der Waals surface area contributed by atoms with E-state index in [9.17, 15) is 0 Å². The smallest absolute Gasteiger partial charge is 0.0540 e. The third-order valence-corrected chi connectivity index (χ3v) is 4.66. The maximum atomic E-state index is 4.43.